The van der Waals surface area contributed by atoms with Crippen LogP contribution in [0, 0.1) is 0 Å². The van der Waals surface area contributed by atoms with Crippen LogP contribution in [0.5, 0.6) is 5.75 Å². The van der Waals surface area contributed by atoms with Crippen molar-refractivity contribution in [2.75, 3.05) is 6.54 Å². The van der Waals surface area contributed by atoms with E-state index in [1.165, 1.54) is 30.9 Å². The predicted octanol–water partition coefficient (Wildman–Crippen LogP) is -1.29. The molecule has 0 aromatic heterocycles. The Balaban J connectivity index is 2.22. The highest BCUT2D eigenvalue weighted by Gasteiger charge is 2.37. The fraction of sp³-hybridized carbons (Fsp3) is 0.524. The Kier molecular flexibility index (Phi) is 8.56. The second kappa shape index (κ2) is 10.9. The van der Waals surface area contributed by atoms with Crippen molar-refractivity contribution in [3.05, 3.63) is 29.8 Å². The molecule has 2 rings (SSSR count). The number of aliphatic hydroxyl groups excluding tert-OH is 1. The molecular weight excluding hydrogens is 420 g/mol. The minimum atomic E-state index is -1.57. The van der Waals surface area contributed by atoms with Crippen molar-refractivity contribution in [1.29, 1.82) is 0 Å². The molecule has 11 heteroatoms. The first-order chi connectivity index (χ1) is 15.0. The first-order valence-corrected chi connectivity index (χ1v) is 10.4. The monoisotopic (exact) mass is 450 g/mol. The fourth-order valence-electron chi connectivity index (χ4n) is 3.55. The molecule has 11 nitrogen and oxygen atoms in total. The second-order valence-corrected chi connectivity index (χ2v) is 7.98. The summed E-state index contributed by atoms with van der Waals surface area (Å²) in [5.41, 5.74) is 6.27. The standard InChI is InChI=1S/C21H30N4O7/c1-11(22)20(30)25-9-3-4-16(25)19(29)23-15(10-13-5-7-14(27)8-6-13)18(28)24-17(12(2)26)21(31)32/h5-8,11-12,15-17,26-27H,3-4,9-10,22H2,1-2H3,(H,23,29)(H,24,28)(H,31,32). The van der Waals surface area contributed by atoms with Crippen molar-refractivity contribution in [2.45, 2.75) is 63.4 Å². The number of likely N-dealkylation sites (tertiary alicyclic amines) is 1. The third-order valence-corrected chi connectivity index (χ3v) is 5.28. The lowest BCUT2D eigenvalue weighted by molar-refractivity contribution is -0.145. The van der Waals surface area contributed by atoms with Crippen molar-refractivity contribution >= 4 is 23.7 Å². The summed E-state index contributed by atoms with van der Waals surface area (Å²) in [5.74, 6) is -3.13. The number of carbonyl (C=O) groups excluding carboxylic acids is 3. The largest absolute Gasteiger partial charge is 0.508 e. The number of benzene rings is 1. The van der Waals surface area contributed by atoms with Crippen LogP contribution in [0.1, 0.15) is 32.3 Å². The highest BCUT2D eigenvalue weighted by Crippen LogP contribution is 2.19. The third-order valence-electron chi connectivity index (χ3n) is 5.28. The molecule has 0 spiro atoms. The molecular formula is C21H30N4O7. The number of rotatable bonds is 9. The summed E-state index contributed by atoms with van der Waals surface area (Å²) in [6, 6.07) is 1.64. The van der Waals surface area contributed by atoms with E-state index >= 15 is 0 Å². The van der Waals surface area contributed by atoms with Gasteiger partial charge in [-0.25, -0.2) is 4.79 Å². The number of hydrogen-bond donors (Lipinski definition) is 6. The topological polar surface area (TPSA) is 182 Å². The quantitative estimate of drug-likeness (QED) is 0.268. The molecule has 1 aliphatic rings. The van der Waals surface area contributed by atoms with Crippen LogP contribution in [-0.2, 0) is 25.6 Å². The zero-order chi connectivity index (χ0) is 24.0. The van der Waals surface area contributed by atoms with Crippen LogP contribution < -0.4 is 16.4 Å². The van der Waals surface area contributed by atoms with Gasteiger partial charge in [0.1, 0.15) is 17.8 Å². The van der Waals surface area contributed by atoms with E-state index in [-0.39, 0.29) is 18.1 Å². The molecule has 0 bridgehead atoms. The van der Waals surface area contributed by atoms with Gasteiger partial charge in [-0.3, -0.25) is 14.4 Å². The van der Waals surface area contributed by atoms with Crippen LogP contribution in [0.4, 0.5) is 0 Å². The van der Waals surface area contributed by atoms with Gasteiger partial charge in [0.25, 0.3) is 0 Å². The zero-order valence-corrected chi connectivity index (χ0v) is 18.0. The van der Waals surface area contributed by atoms with Crippen molar-refractivity contribution in [1.82, 2.24) is 15.5 Å². The molecule has 5 atom stereocenters. The first-order valence-electron chi connectivity index (χ1n) is 10.4. The average molecular weight is 450 g/mol. The predicted molar refractivity (Wildman–Crippen MR) is 113 cm³/mol. The van der Waals surface area contributed by atoms with Gasteiger partial charge in [0.2, 0.25) is 17.7 Å². The number of nitrogens with one attached hydrogen (secondary N) is 2. The third kappa shape index (κ3) is 6.41. The molecule has 7 N–H and O–H groups in total. The van der Waals surface area contributed by atoms with Crippen molar-refractivity contribution in [3.63, 3.8) is 0 Å². The first kappa shape index (κ1) is 25.1. The Hall–Kier alpha value is -3.18. The summed E-state index contributed by atoms with van der Waals surface area (Å²) >= 11 is 0. The van der Waals surface area contributed by atoms with Gasteiger partial charge in [-0.15, -0.1) is 0 Å². The Bertz CT molecular complexity index is 841. The molecule has 1 saturated heterocycles. The number of nitrogens with two attached hydrogens (primary N) is 1. The molecule has 1 aromatic rings. The summed E-state index contributed by atoms with van der Waals surface area (Å²) in [4.78, 5) is 50.9. The van der Waals surface area contributed by atoms with Crippen LogP contribution >= 0.6 is 0 Å². The Morgan fingerprint density at radius 1 is 1.16 bits per heavy atom. The number of carboxylic acid groups (broad SMARTS) is 1. The molecule has 3 amide bonds. The summed E-state index contributed by atoms with van der Waals surface area (Å²) in [6.45, 7) is 3.12. The number of nitrogens with zero attached hydrogens (tertiary/aromatic N) is 1. The molecule has 5 unspecified atom stereocenters. The van der Waals surface area contributed by atoms with E-state index in [2.05, 4.69) is 10.6 Å². The Morgan fingerprint density at radius 2 is 1.78 bits per heavy atom. The number of hydrogen-bond acceptors (Lipinski definition) is 7. The van der Waals surface area contributed by atoms with Crippen LogP contribution in [-0.4, -0.2) is 80.7 Å². The summed E-state index contributed by atoms with van der Waals surface area (Å²) in [5, 5.41) is 33.2. The van der Waals surface area contributed by atoms with Crippen molar-refractivity contribution in [2.24, 2.45) is 5.73 Å². The lowest BCUT2D eigenvalue weighted by Crippen LogP contribution is -2.58. The van der Waals surface area contributed by atoms with Crippen molar-refractivity contribution < 1.29 is 34.5 Å². The van der Waals surface area contributed by atoms with Gasteiger partial charge in [-0.05, 0) is 44.4 Å². The van der Waals surface area contributed by atoms with E-state index in [9.17, 15) is 34.5 Å². The van der Waals surface area contributed by atoms with E-state index in [0.717, 1.165) is 0 Å². The molecule has 0 aliphatic carbocycles. The smallest absolute Gasteiger partial charge is 0.328 e. The Morgan fingerprint density at radius 3 is 2.31 bits per heavy atom. The summed E-state index contributed by atoms with van der Waals surface area (Å²) < 4.78 is 0. The van der Waals surface area contributed by atoms with E-state index in [1.54, 1.807) is 12.1 Å². The zero-order valence-electron chi connectivity index (χ0n) is 18.0. The van der Waals surface area contributed by atoms with Gasteiger partial charge >= 0.3 is 5.97 Å². The number of amides is 3. The van der Waals surface area contributed by atoms with Gasteiger partial charge in [0.05, 0.1) is 12.1 Å². The van der Waals surface area contributed by atoms with E-state index in [4.69, 9.17) is 5.73 Å². The van der Waals surface area contributed by atoms with Crippen molar-refractivity contribution in [3.8, 4) is 5.75 Å². The molecule has 0 radical (unpaired) electrons. The molecule has 0 saturated carbocycles. The van der Waals surface area contributed by atoms with Crippen LogP contribution in [0.3, 0.4) is 0 Å². The number of aliphatic carboxylic acids is 1. The minimum Gasteiger partial charge on any atom is -0.508 e. The van der Waals surface area contributed by atoms with Crippen LogP contribution in [0.2, 0.25) is 0 Å². The summed E-state index contributed by atoms with van der Waals surface area (Å²) in [7, 11) is 0. The number of carbonyl (C=O) groups is 4. The molecule has 176 valence electrons. The van der Waals surface area contributed by atoms with Gasteiger partial charge in [-0.2, -0.15) is 0 Å². The highest BCUT2D eigenvalue weighted by atomic mass is 16.4. The lowest BCUT2D eigenvalue weighted by Gasteiger charge is -2.28. The maximum atomic E-state index is 13.0. The van der Waals surface area contributed by atoms with Gasteiger partial charge in [0.15, 0.2) is 6.04 Å². The SMILES string of the molecule is CC(N)C(=O)N1CCCC1C(=O)NC(Cc1ccc(O)cc1)C(=O)NC(C(=O)O)C(C)O. The summed E-state index contributed by atoms with van der Waals surface area (Å²) in [6.07, 6.45) is -0.356. The minimum absolute atomic E-state index is 0.00202. The maximum absolute atomic E-state index is 13.0. The Labute approximate surface area is 185 Å². The van der Waals surface area contributed by atoms with E-state index < -0.39 is 48.1 Å². The fourth-order valence-corrected chi connectivity index (χ4v) is 3.55. The lowest BCUT2D eigenvalue weighted by atomic mass is 10.0. The van der Waals surface area contributed by atoms with E-state index in [1.807, 2.05) is 0 Å². The van der Waals surface area contributed by atoms with Gasteiger partial charge in [-0.1, -0.05) is 12.1 Å². The normalized spacial score (nSPS) is 19.5. The van der Waals surface area contributed by atoms with Gasteiger partial charge in [0, 0.05) is 13.0 Å². The molecule has 1 aromatic carbocycles. The van der Waals surface area contributed by atoms with E-state index in [0.29, 0.717) is 24.9 Å². The van der Waals surface area contributed by atoms with Crippen LogP contribution in [0.15, 0.2) is 24.3 Å². The second-order valence-electron chi connectivity index (χ2n) is 7.98. The number of phenols is 1. The molecule has 1 heterocycles. The molecule has 32 heavy (non-hydrogen) atoms. The number of aromatic hydroxyl groups is 1. The number of carboxylic acids is 1. The molecule has 1 fully saturated rings. The number of phenolic OH excluding ortho intramolecular Hbond substituents is 1. The number of aliphatic hydroxyl groups is 1. The average Bonchev–Trinajstić information content (AvgIpc) is 3.21. The maximum Gasteiger partial charge on any atom is 0.328 e. The highest BCUT2D eigenvalue weighted by molar-refractivity contribution is 5.94. The molecule has 1 aliphatic heterocycles. The van der Waals surface area contributed by atoms with Crippen LogP contribution in [0.25, 0.3) is 0 Å². The van der Waals surface area contributed by atoms with Gasteiger partial charge < -0.3 is 36.6 Å².